The minimum Gasteiger partial charge on any atom is -0.387 e. The highest BCUT2D eigenvalue weighted by atomic mass is 16.5. The van der Waals surface area contributed by atoms with E-state index in [0.717, 1.165) is 19.7 Å². The molecule has 0 saturated heterocycles. The third-order valence-electron chi connectivity index (χ3n) is 1.79. The van der Waals surface area contributed by atoms with Crippen LogP contribution in [0.4, 0.5) is 0 Å². The first-order valence-corrected chi connectivity index (χ1v) is 4.09. The lowest BCUT2D eigenvalue weighted by Gasteiger charge is -2.19. The Morgan fingerprint density at radius 3 is 2.67 bits per heavy atom. The summed E-state index contributed by atoms with van der Waals surface area (Å²) < 4.78 is 4.93. The summed E-state index contributed by atoms with van der Waals surface area (Å²) in [5.41, 5.74) is 5.34. The van der Waals surface area contributed by atoms with Gasteiger partial charge in [0.15, 0.2) is 0 Å². The SMILES string of the molecule is COCCN(C)CC(C)C(=N)N. The third kappa shape index (κ3) is 5.09. The van der Waals surface area contributed by atoms with Gasteiger partial charge in [0, 0.05) is 26.1 Å². The van der Waals surface area contributed by atoms with Crippen LogP contribution >= 0.6 is 0 Å². The van der Waals surface area contributed by atoms with Gasteiger partial charge < -0.3 is 15.4 Å². The summed E-state index contributed by atoms with van der Waals surface area (Å²) in [6.45, 7) is 4.37. The molecule has 0 bridgehead atoms. The molecule has 0 spiro atoms. The molecular weight excluding hydrogens is 154 g/mol. The van der Waals surface area contributed by atoms with Crippen molar-refractivity contribution >= 4 is 5.84 Å². The van der Waals surface area contributed by atoms with E-state index in [2.05, 4.69) is 4.90 Å². The first-order valence-electron chi connectivity index (χ1n) is 4.09. The van der Waals surface area contributed by atoms with Crippen molar-refractivity contribution in [2.45, 2.75) is 6.92 Å². The van der Waals surface area contributed by atoms with E-state index in [1.807, 2.05) is 14.0 Å². The van der Waals surface area contributed by atoms with E-state index < -0.39 is 0 Å². The Morgan fingerprint density at radius 2 is 2.25 bits per heavy atom. The van der Waals surface area contributed by atoms with Gasteiger partial charge in [0.25, 0.3) is 0 Å². The molecule has 1 unspecified atom stereocenters. The largest absolute Gasteiger partial charge is 0.387 e. The van der Waals surface area contributed by atoms with Crippen molar-refractivity contribution in [3.05, 3.63) is 0 Å². The van der Waals surface area contributed by atoms with Crippen molar-refractivity contribution in [2.24, 2.45) is 11.7 Å². The molecule has 0 aliphatic rings. The number of hydrogen-bond donors (Lipinski definition) is 2. The Kier molecular flexibility index (Phi) is 5.66. The van der Waals surface area contributed by atoms with Gasteiger partial charge in [-0.1, -0.05) is 6.92 Å². The summed E-state index contributed by atoms with van der Waals surface area (Å²) in [6, 6.07) is 0. The lowest BCUT2D eigenvalue weighted by atomic mass is 10.1. The van der Waals surface area contributed by atoms with E-state index in [9.17, 15) is 0 Å². The van der Waals surface area contributed by atoms with Crippen molar-refractivity contribution in [1.29, 1.82) is 5.41 Å². The average molecular weight is 173 g/mol. The van der Waals surface area contributed by atoms with Gasteiger partial charge in [-0.15, -0.1) is 0 Å². The summed E-state index contributed by atoms with van der Waals surface area (Å²) in [7, 11) is 3.68. The summed E-state index contributed by atoms with van der Waals surface area (Å²) in [5.74, 6) is 0.381. The summed E-state index contributed by atoms with van der Waals surface area (Å²) >= 11 is 0. The number of nitrogens with zero attached hydrogens (tertiary/aromatic N) is 1. The molecule has 72 valence electrons. The van der Waals surface area contributed by atoms with Crippen molar-refractivity contribution in [2.75, 3.05) is 33.9 Å². The highest BCUT2D eigenvalue weighted by Crippen LogP contribution is 1.96. The number of amidine groups is 1. The third-order valence-corrected chi connectivity index (χ3v) is 1.79. The van der Waals surface area contributed by atoms with Gasteiger partial charge >= 0.3 is 0 Å². The summed E-state index contributed by atoms with van der Waals surface area (Å²) in [6.07, 6.45) is 0. The summed E-state index contributed by atoms with van der Waals surface area (Å²) in [4.78, 5) is 2.11. The van der Waals surface area contributed by atoms with E-state index in [-0.39, 0.29) is 11.8 Å². The first kappa shape index (κ1) is 11.4. The topological polar surface area (TPSA) is 62.3 Å². The molecule has 0 amide bonds. The van der Waals surface area contributed by atoms with Crippen LogP contribution in [-0.4, -0.2) is 44.6 Å². The molecule has 0 radical (unpaired) electrons. The second-order valence-electron chi connectivity index (χ2n) is 3.11. The zero-order chi connectivity index (χ0) is 9.56. The van der Waals surface area contributed by atoms with Gasteiger partial charge in [-0.3, -0.25) is 5.41 Å². The Balaban J connectivity index is 3.53. The quantitative estimate of drug-likeness (QED) is 0.443. The Hall–Kier alpha value is -0.610. The van der Waals surface area contributed by atoms with Crippen molar-refractivity contribution in [1.82, 2.24) is 4.90 Å². The number of hydrogen-bond acceptors (Lipinski definition) is 3. The number of likely N-dealkylation sites (N-methyl/N-ethyl adjacent to an activating group) is 1. The molecular formula is C8H19N3O. The Labute approximate surface area is 74.2 Å². The van der Waals surface area contributed by atoms with Crippen molar-refractivity contribution in [3.63, 3.8) is 0 Å². The second kappa shape index (κ2) is 5.97. The standard InChI is InChI=1S/C8H19N3O/c1-7(8(9)10)6-11(2)4-5-12-3/h7H,4-6H2,1-3H3,(H3,9,10). The maximum Gasteiger partial charge on any atom is 0.0947 e. The number of rotatable bonds is 6. The minimum atomic E-state index is 0.131. The van der Waals surface area contributed by atoms with Gasteiger partial charge in [-0.2, -0.15) is 0 Å². The van der Waals surface area contributed by atoms with Crippen LogP contribution in [0.1, 0.15) is 6.92 Å². The zero-order valence-electron chi connectivity index (χ0n) is 8.13. The van der Waals surface area contributed by atoms with Crippen LogP contribution in [-0.2, 0) is 4.74 Å². The van der Waals surface area contributed by atoms with Crippen LogP contribution in [0.25, 0.3) is 0 Å². The van der Waals surface area contributed by atoms with Crippen molar-refractivity contribution < 1.29 is 4.74 Å². The van der Waals surface area contributed by atoms with Gasteiger partial charge in [0.1, 0.15) is 0 Å². The minimum absolute atomic E-state index is 0.131. The van der Waals surface area contributed by atoms with Crippen LogP contribution in [0.15, 0.2) is 0 Å². The fraction of sp³-hybridized carbons (Fsp3) is 0.875. The molecule has 0 aliphatic carbocycles. The maximum atomic E-state index is 7.19. The smallest absolute Gasteiger partial charge is 0.0947 e. The number of nitrogens with two attached hydrogens (primary N) is 1. The second-order valence-corrected chi connectivity index (χ2v) is 3.11. The van der Waals surface area contributed by atoms with Gasteiger partial charge in [0.05, 0.1) is 12.4 Å². The molecule has 3 N–H and O–H groups in total. The molecule has 0 saturated carbocycles. The van der Waals surface area contributed by atoms with Crippen molar-refractivity contribution in [3.8, 4) is 0 Å². The Morgan fingerprint density at radius 1 is 1.67 bits per heavy atom. The molecule has 0 aromatic heterocycles. The molecule has 12 heavy (non-hydrogen) atoms. The Bertz CT molecular complexity index is 138. The van der Waals surface area contributed by atoms with E-state index in [1.165, 1.54) is 0 Å². The van der Waals surface area contributed by atoms with Crippen LogP contribution < -0.4 is 5.73 Å². The van der Waals surface area contributed by atoms with E-state index in [1.54, 1.807) is 7.11 Å². The van der Waals surface area contributed by atoms with Crippen LogP contribution in [0, 0.1) is 11.3 Å². The molecule has 0 aromatic carbocycles. The molecule has 1 atom stereocenters. The van der Waals surface area contributed by atoms with Gasteiger partial charge in [-0.05, 0) is 7.05 Å². The molecule has 4 heteroatoms. The maximum absolute atomic E-state index is 7.19. The molecule has 0 heterocycles. The highest BCUT2D eigenvalue weighted by molar-refractivity contribution is 5.79. The number of ether oxygens (including phenoxy) is 1. The predicted molar refractivity (Wildman–Crippen MR) is 50.5 cm³/mol. The normalized spacial score (nSPS) is 13.3. The van der Waals surface area contributed by atoms with E-state index in [0.29, 0.717) is 0 Å². The number of nitrogens with one attached hydrogen (secondary N) is 1. The van der Waals surface area contributed by atoms with Gasteiger partial charge in [-0.25, -0.2) is 0 Å². The van der Waals surface area contributed by atoms with Gasteiger partial charge in [0.2, 0.25) is 0 Å². The molecule has 0 aliphatic heterocycles. The lowest BCUT2D eigenvalue weighted by Crippen LogP contribution is -2.33. The van der Waals surface area contributed by atoms with E-state index >= 15 is 0 Å². The fourth-order valence-electron chi connectivity index (χ4n) is 0.904. The number of methoxy groups -OCH3 is 1. The monoisotopic (exact) mass is 173 g/mol. The lowest BCUT2D eigenvalue weighted by molar-refractivity contribution is 0.158. The predicted octanol–water partition coefficient (Wildman–Crippen LogP) is 0.137. The molecule has 0 rings (SSSR count). The van der Waals surface area contributed by atoms with Crippen LogP contribution in [0.5, 0.6) is 0 Å². The summed E-state index contributed by atoms with van der Waals surface area (Å²) in [5, 5.41) is 7.19. The zero-order valence-corrected chi connectivity index (χ0v) is 8.13. The fourth-order valence-corrected chi connectivity index (χ4v) is 0.904. The average Bonchev–Trinajstić information content (AvgIpc) is 2.00. The first-order chi connectivity index (χ1) is 5.57. The molecule has 0 aromatic rings. The van der Waals surface area contributed by atoms with Crippen LogP contribution in [0.3, 0.4) is 0 Å². The molecule has 0 fully saturated rings. The highest BCUT2D eigenvalue weighted by Gasteiger charge is 2.07. The van der Waals surface area contributed by atoms with Crippen LogP contribution in [0.2, 0.25) is 0 Å². The molecule has 4 nitrogen and oxygen atoms in total. The van der Waals surface area contributed by atoms with E-state index in [4.69, 9.17) is 15.9 Å².